The van der Waals surface area contributed by atoms with Gasteiger partial charge < -0.3 is 19.9 Å². The van der Waals surface area contributed by atoms with Crippen LogP contribution in [0.2, 0.25) is 5.02 Å². The number of rotatable bonds is 4. The number of aliphatic imine (C=N–C) groups is 1. The van der Waals surface area contributed by atoms with Gasteiger partial charge in [-0.15, -0.1) is 24.0 Å². The maximum Gasteiger partial charge on any atom is 0.193 e. The molecule has 0 aliphatic heterocycles. The highest BCUT2D eigenvalue weighted by Gasteiger charge is 2.25. The molecular formula is C15H26ClIN4O. The number of guanidine groups is 1. The number of aliphatic hydroxyl groups is 1. The number of aromatic nitrogens is 1. The van der Waals surface area contributed by atoms with E-state index in [2.05, 4.69) is 15.2 Å². The molecule has 1 fully saturated rings. The molecule has 2 rings (SSSR count). The molecule has 0 aromatic carbocycles. The molecule has 1 heterocycles. The molecule has 2 atom stereocenters. The van der Waals surface area contributed by atoms with Crippen LogP contribution in [-0.2, 0) is 13.6 Å². The van der Waals surface area contributed by atoms with Crippen molar-refractivity contribution in [1.82, 2.24) is 14.8 Å². The van der Waals surface area contributed by atoms with Crippen LogP contribution in [0.5, 0.6) is 0 Å². The van der Waals surface area contributed by atoms with Crippen LogP contribution in [0, 0.1) is 5.92 Å². The summed E-state index contributed by atoms with van der Waals surface area (Å²) in [6, 6.07) is 1.96. The number of hydrogen-bond donors (Lipinski definition) is 2. The van der Waals surface area contributed by atoms with Gasteiger partial charge in [0.15, 0.2) is 5.96 Å². The number of nitrogens with zero attached hydrogens (tertiary/aromatic N) is 3. The Hall–Kier alpha value is -0.470. The molecule has 126 valence electrons. The van der Waals surface area contributed by atoms with Crippen molar-refractivity contribution in [1.29, 1.82) is 0 Å². The average molecular weight is 441 g/mol. The third kappa shape index (κ3) is 5.03. The zero-order valence-corrected chi connectivity index (χ0v) is 16.5. The Morgan fingerprint density at radius 1 is 1.55 bits per heavy atom. The highest BCUT2D eigenvalue weighted by molar-refractivity contribution is 14.0. The number of aliphatic hydroxyl groups excluding tert-OH is 1. The fourth-order valence-corrected chi connectivity index (χ4v) is 3.18. The molecule has 0 bridgehead atoms. The van der Waals surface area contributed by atoms with Crippen molar-refractivity contribution in [2.75, 3.05) is 20.6 Å². The van der Waals surface area contributed by atoms with Gasteiger partial charge in [-0.3, -0.25) is 4.99 Å². The van der Waals surface area contributed by atoms with E-state index in [1.807, 2.05) is 30.9 Å². The molecule has 0 spiro atoms. The van der Waals surface area contributed by atoms with Crippen LogP contribution in [0.1, 0.15) is 25.0 Å². The first-order chi connectivity index (χ1) is 10.0. The van der Waals surface area contributed by atoms with Crippen molar-refractivity contribution in [3.8, 4) is 0 Å². The lowest BCUT2D eigenvalue weighted by molar-refractivity contribution is 0.134. The molecule has 22 heavy (non-hydrogen) atoms. The van der Waals surface area contributed by atoms with E-state index in [4.69, 9.17) is 11.6 Å². The number of aryl methyl sites for hydroxylation is 1. The molecule has 7 heteroatoms. The van der Waals surface area contributed by atoms with E-state index in [1.165, 1.54) is 0 Å². The Morgan fingerprint density at radius 2 is 2.27 bits per heavy atom. The van der Waals surface area contributed by atoms with Crippen LogP contribution in [0.3, 0.4) is 0 Å². The molecule has 0 amide bonds. The summed E-state index contributed by atoms with van der Waals surface area (Å²) in [4.78, 5) is 6.38. The Morgan fingerprint density at radius 3 is 2.77 bits per heavy atom. The zero-order valence-electron chi connectivity index (χ0n) is 13.4. The molecule has 1 saturated carbocycles. The molecule has 1 aromatic heterocycles. The van der Waals surface area contributed by atoms with Crippen molar-refractivity contribution in [2.45, 2.75) is 31.9 Å². The maximum absolute atomic E-state index is 9.88. The minimum atomic E-state index is -0.174. The standard InChI is InChI=1S/C15H25ClN4O.HI/c1-17-15(18-8-11-5-4-6-14(11)21)20(3)10-13-7-12(16)9-19(13)2;/h7,9,11,14,21H,4-6,8,10H2,1-3H3,(H,17,18);1H. The van der Waals surface area contributed by atoms with Crippen LogP contribution < -0.4 is 5.32 Å². The lowest BCUT2D eigenvalue weighted by Crippen LogP contribution is -2.42. The maximum atomic E-state index is 9.88. The van der Waals surface area contributed by atoms with Crippen LogP contribution in [0.25, 0.3) is 0 Å². The van der Waals surface area contributed by atoms with Gasteiger partial charge in [0.25, 0.3) is 0 Å². The minimum Gasteiger partial charge on any atom is -0.393 e. The average Bonchev–Trinajstić information content (AvgIpc) is 2.97. The van der Waals surface area contributed by atoms with Crippen molar-refractivity contribution in [3.05, 3.63) is 23.0 Å². The Bertz CT molecular complexity index is 506. The van der Waals surface area contributed by atoms with Gasteiger partial charge in [0.1, 0.15) is 0 Å². The zero-order chi connectivity index (χ0) is 15.4. The first-order valence-electron chi connectivity index (χ1n) is 7.42. The SMILES string of the molecule is CN=C(NCC1CCCC1O)N(C)Cc1cc(Cl)cn1C.I. The fraction of sp³-hybridized carbons (Fsp3) is 0.667. The molecule has 2 unspecified atom stereocenters. The van der Waals surface area contributed by atoms with E-state index in [-0.39, 0.29) is 30.1 Å². The van der Waals surface area contributed by atoms with E-state index in [1.54, 1.807) is 7.05 Å². The van der Waals surface area contributed by atoms with Gasteiger partial charge in [-0.05, 0) is 18.9 Å². The monoisotopic (exact) mass is 440 g/mol. The molecule has 5 nitrogen and oxygen atoms in total. The van der Waals surface area contributed by atoms with E-state index < -0.39 is 0 Å². The minimum absolute atomic E-state index is 0. The smallest absolute Gasteiger partial charge is 0.193 e. The van der Waals surface area contributed by atoms with E-state index in [0.717, 1.165) is 49.0 Å². The molecular weight excluding hydrogens is 415 g/mol. The summed E-state index contributed by atoms with van der Waals surface area (Å²) in [6.07, 6.45) is 4.84. The normalized spacial score (nSPS) is 21.6. The second kappa shape index (κ2) is 8.98. The molecule has 1 aromatic rings. The second-order valence-corrected chi connectivity index (χ2v) is 6.24. The largest absolute Gasteiger partial charge is 0.393 e. The first-order valence-corrected chi connectivity index (χ1v) is 7.79. The Balaban J connectivity index is 0.00000242. The Labute approximate surface area is 154 Å². The van der Waals surface area contributed by atoms with Crippen LogP contribution >= 0.6 is 35.6 Å². The van der Waals surface area contributed by atoms with Gasteiger partial charge >= 0.3 is 0 Å². The highest BCUT2D eigenvalue weighted by atomic mass is 127. The number of hydrogen-bond acceptors (Lipinski definition) is 2. The van der Waals surface area contributed by atoms with E-state index in [9.17, 15) is 5.11 Å². The molecule has 0 saturated heterocycles. The summed E-state index contributed by atoms with van der Waals surface area (Å²) < 4.78 is 2.02. The third-order valence-corrected chi connectivity index (χ3v) is 4.40. The van der Waals surface area contributed by atoms with Gasteiger partial charge in [-0.1, -0.05) is 18.0 Å². The van der Waals surface area contributed by atoms with Crippen LogP contribution in [0.4, 0.5) is 0 Å². The second-order valence-electron chi connectivity index (χ2n) is 5.80. The molecule has 2 N–H and O–H groups in total. The lowest BCUT2D eigenvalue weighted by Gasteiger charge is -2.24. The first kappa shape index (κ1) is 19.6. The summed E-state index contributed by atoms with van der Waals surface area (Å²) >= 11 is 6.01. The lowest BCUT2D eigenvalue weighted by atomic mass is 10.1. The summed E-state index contributed by atoms with van der Waals surface area (Å²) in [5.41, 5.74) is 1.13. The number of halogens is 2. The van der Waals surface area contributed by atoms with Crippen molar-refractivity contribution < 1.29 is 5.11 Å². The van der Waals surface area contributed by atoms with Crippen molar-refractivity contribution in [2.24, 2.45) is 18.0 Å². The predicted octanol–water partition coefficient (Wildman–Crippen LogP) is 2.46. The van der Waals surface area contributed by atoms with E-state index >= 15 is 0 Å². The van der Waals surface area contributed by atoms with Gasteiger partial charge in [0.2, 0.25) is 0 Å². The summed E-state index contributed by atoms with van der Waals surface area (Å²) in [5.74, 6) is 1.17. The molecule has 1 aliphatic rings. The van der Waals surface area contributed by atoms with Crippen molar-refractivity contribution >= 4 is 41.5 Å². The highest BCUT2D eigenvalue weighted by Crippen LogP contribution is 2.24. The Kier molecular flexibility index (Phi) is 7.99. The van der Waals surface area contributed by atoms with Gasteiger partial charge in [-0.2, -0.15) is 0 Å². The van der Waals surface area contributed by atoms with Gasteiger partial charge in [0.05, 0.1) is 17.7 Å². The molecule has 1 aliphatic carbocycles. The topological polar surface area (TPSA) is 52.8 Å². The van der Waals surface area contributed by atoms with Gasteiger partial charge in [0, 0.05) is 45.5 Å². The van der Waals surface area contributed by atoms with Gasteiger partial charge in [-0.25, -0.2) is 0 Å². The number of nitrogens with one attached hydrogen (secondary N) is 1. The van der Waals surface area contributed by atoms with Crippen molar-refractivity contribution in [3.63, 3.8) is 0 Å². The summed E-state index contributed by atoms with van der Waals surface area (Å²) in [5, 5.41) is 14.0. The third-order valence-electron chi connectivity index (χ3n) is 4.19. The summed E-state index contributed by atoms with van der Waals surface area (Å²) in [6.45, 7) is 1.50. The molecule has 0 radical (unpaired) electrons. The predicted molar refractivity (Wildman–Crippen MR) is 102 cm³/mol. The van der Waals surface area contributed by atoms with E-state index in [0.29, 0.717) is 5.92 Å². The van der Waals surface area contributed by atoms with Crippen LogP contribution in [-0.4, -0.2) is 47.3 Å². The quantitative estimate of drug-likeness (QED) is 0.430. The van der Waals surface area contributed by atoms with Crippen LogP contribution in [0.15, 0.2) is 17.3 Å². The fourth-order valence-electron chi connectivity index (χ4n) is 2.90. The summed E-state index contributed by atoms with van der Waals surface area (Å²) in [7, 11) is 5.77.